The van der Waals surface area contributed by atoms with E-state index in [1.165, 1.54) is 25.0 Å². The van der Waals surface area contributed by atoms with Gasteiger partial charge in [0.05, 0.1) is 24.8 Å². The van der Waals surface area contributed by atoms with Crippen LogP contribution in [0.4, 0.5) is 0 Å². The molecule has 0 amide bonds. The van der Waals surface area contributed by atoms with Crippen LogP contribution < -0.4 is 5.32 Å². The summed E-state index contributed by atoms with van der Waals surface area (Å²) in [6.07, 6.45) is 12.4. The fourth-order valence-corrected chi connectivity index (χ4v) is 2.81. The van der Waals surface area contributed by atoms with E-state index in [9.17, 15) is 0 Å². The first-order valence-corrected chi connectivity index (χ1v) is 6.91. The number of nitrogens with zero attached hydrogens (tertiary/aromatic N) is 2. The van der Waals surface area contributed by atoms with Crippen LogP contribution in [0.1, 0.15) is 31.1 Å². The summed E-state index contributed by atoms with van der Waals surface area (Å²) >= 11 is 0. The number of rotatable bonds is 3. The lowest BCUT2D eigenvalue weighted by atomic mass is 9.94. The Hall–Kier alpha value is -1.13. The summed E-state index contributed by atoms with van der Waals surface area (Å²) in [6, 6.07) is 0. The van der Waals surface area contributed by atoms with Gasteiger partial charge < -0.3 is 14.6 Å². The standard InChI is InChI=1S/C14H21N3O/c1-2-4-12(5-3-1)10-17-11-16-8-13(17)14-9-15-6-7-18-14/h1-2,8,11-12,14-15H,3-7,9-10H2. The molecule has 98 valence electrons. The van der Waals surface area contributed by atoms with Crippen molar-refractivity contribution >= 4 is 0 Å². The minimum Gasteiger partial charge on any atom is -0.369 e. The van der Waals surface area contributed by atoms with E-state index in [4.69, 9.17) is 4.74 Å². The lowest BCUT2D eigenvalue weighted by Gasteiger charge is -2.26. The van der Waals surface area contributed by atoms with Gasteiger partial charge in [-0.2, -0.15) is 0 Å². The molecule has 0 radical (unpaired) electrons. The van der Waals surface area contributed by atoms with Crippen molar-refractivity contribution in [1.29, 1.82) is 0 Å². The zero-order chi connectivity index (χ0) is 12.2. The SMILES string of the molecule is C1=CCC(Cn2cncc2C2CNCCO2)CC1. The van der Waals surface area contributed by atoms with Crippen LogP contribution in [-0.4, -0.2) is 29.2 Å². The lowest BCUT2D eigenvalue weighted by molar-refractivity contribution is 0.0223. The van der Waals surface area contributed by atoms with Gasteiger partial charge in [0.25, 0.3) is 0 Å². The van der Waals surface area contributed by atoms with E-state index in [0.717, 1.165) is 32.2 Å². The van der Waals surface area contributed by atoms with Crippen LogP contribution in [0.3, 0.4) is 0 Å². The Morgan fingerprint density at radius 1 is 1.44 bits per heavy atom. The van der Waals surface area contributed by atoms with Crippen molar-refractivity contribution in [3.05, 3.63) is 30.4 Å². The maximum Gasteiger partial charge on any atom is 0.111 e. The Bertz CT molecular complexity index is 407. The molecule has 0 spiro atoms. The van der Waals surface area contributed by atoms with Crippen LogP contribution in [0.5, 0.6) is 0 Å². The molecule has 2 heterocycles. The molecule has 1 aliphatic heterocycles. The highest BCUT2D eigenvalue weighted by Crippen LogP contribution is 2.24. The smallest absolute Gasteiger partial charge is 0.111 e. The molecule has 1 fully saturated rings. The van der Waals surface area contributed by atoms with Crippen LogP contribution in [0.2, 0.25) is 0 Å². The third-order valence-electron chi connectivity index (χ3n) is 3.83. The quantitative estimate of drug-likeness (QED) is 0.829. The number of allylic oxidation sites excluding steroid dienone is 2. The molecule has 0 saturated carbocycles. The van der Waals surface area contributed by atoms with Gasteiger partial charge in [-0.15, -0.1) is 0 Å². The highest BCUT2D eigenvalue weighted by atomic mass is 16.5. The Balaban J connectivity index is 1.68. The lowest BCUT2D eigenvalue weighted by Crippen LogP contribution is -2.34. The van der Waals surface area contributed by atoms with Crippen molar-refractivity contribution in [2.75, 3.05) is 19.7 Å². The topological polar surface area (TPSA) is 39.1 Å². The number of aromatic nitrogens is 2. The molecule has 2 aliphatic rings. The van der Waals surface area contributed by atoms with Crippen molar-refractivity contribution in [2.45, 2.75) is 31.9 Å². The Morgan fingerprint density at radius 2 is 2.44 bits per heavy atom. The maximum atomic E-state index is 5.81. The molecule has 3 rings (SSSR count). The molecule has 2 atom stereocenters. The van der Waals surface area contributed by atoms with Crippen molar-refractivity contribution in [3.8, 4) is 0 Å². The predicted octanol–water partition coefficient (Wildman–Crippen LogP) is 1.90. The van der Waals surface area contributed by atoms with Gasteiger partial charge in [0, 0.05) is 19.6 Å². The second kappa shape index (κ2) is 5.67. The van der Waals surface area contributed by atoms with Gasteiger partial charge in [-0.3, -0.25) is 0 Å². The second-order valence-corrected chi connectivity index (χ2v) is 5.18. The Kier molecular flexibility index (Phi) is 3.76. The first-order chi connectivity index (χ1) is 8.93. The molecular weight excluding hydrogens is 226 g/mol. The molecule has 1 saturated heterocycles. The molecule has 1 aliphatic carbocycles. The molecule has 4 heteroatoms. The summed E-state index contributed by atoms with van der Waals surface area (Å²) in [4.78, 5) is 4.30. The average molecular weight is 247 g/mol. The number of hydrogen-bond donors (Lipinski definition) is 1. The second-order valence-electron chi connectivity index (χ2n) is 5.18. The summed E-state index contributed by atoms with van der Waals surface area (Å²) in [7, 11) is 0. The van der Waals surface area contributed by atoms with E-state index < -0.39 is 0 Å². The minimum absolute atomic E-state index is 0.167. The van der Waals surface area contributed by atoms with Gasteiger partial charge in [0.2, 0.25) is 0 Å². The van der Waals surface area contributed by atoms with Gasteiger partial charge in [-0.05, 0) is 25.2 Å². The summed E-state index contributed by atoms with van der Waals surface area (Å²) in [5.74, 6) is 0.750. The van der Waals surface area contributed by atoms with E-state index in [1.54, 1.807) is 0 Å². The van der Waals surface area contributed by atoms with Gasteiger partial charge >= 0.3 is 0 Å². The van der Waals surface area contributed by atoms with Crippen LogP contribution in [-0.2, 0) is 11.3 Å². The first-order valence-electron chi connectivity index (χ1n) is 6.91. The van der Waals surface area contributed by atoms with E-state index in [0.29, 0.717) is 0 Å². The van der Waals surface area contributed by atoms with E-state index >= 15 is 0 Å². The largest absolute Gasteiger partial charge is 0.369 e. The van der Waals surface area contributed by atoms with Gasteiger partial charge in [-0.25, -0.2) is 4.98 Å². The van der Waals surface area contributed by atoms with E-state index in [1.807, 2.05) is 12.5 Å². The minimum atomic E-state index is 0.167. The van der Waals surface area contributed by atoms with Gasteiger partial charge in [0.1, 0.15) is 6.10 Å². The summed E-state index contributed by atoms with van der Waals surface area (Å²) in [6.45, 7) is 3.72. The summed E-state index contributed by atoms with van der Waals surface area (Å²) < 4.78 is 8.09. The van der Waals surface area contributed by atoms with Crippen LogP contribution in [0.15, 0.2) is 24.7 Å². The predicted molar refractivity (Wildman–Crippen MR) is 70.3 cm³/mol. The fourth-order valence-electron chi connectivity index (χ4n) is 2.81. The van der Waals surface area contributed by atoms with Crippen molar-refractivity contribution < 1.29 is 4.74 Å². The molecular formula is C14H21N3O. The third-order valence-corrected chi connectivity index (χ3v) is 3.83. The maximum absolute atomic E-state index is 5.81. The molecule has 4 nitrogen and oxygen atoms in total. The van der Waals surface area contributed by atoms with Crippen LogP contribution in [0, 0.1) is 5.92 Å². The van der Waals surface area contributed by atoms with Crippen molar-refractivity contribution in [2.24, 2.45) is 5.92 Å². The Labute approximate surface area is 108 Å². The molecule has 1 aromatic rings. The number of imidazole rings is 1. The van der Waals surface area contributed by atoms with Crippen molar-refractivity contribution in [1.82, 2.24) is 14.9 Å². The number of hydrogen-bond acceptors (Lipinski definition) is 3. The van der Waals surface area contributed by atoms with Gasteiger partial charge in [0.15, 0.2) is 0 Å². The van der Waals surface area contributed by atoms with Crippen LogP contribution >= 0.6 is 0 Å². The molecule has 1 N–H and O–H groups in total. The monoisotopic (exact) mass is 247 g/mol. The molecule has 18 heavy (non-hydrogen) atoms. The van der Waals surface area contributed by atoms with Crippen LogP contribution in [0.25, 0.3) is 0 Å². The number of ether oxygens (including phenoxy) is 1. The molecule has 0 aromatic carbocycles. The molecule has 0 bridgehead atoms. The Morgan fingerprint density at radius 3 is 3.22 bits per heavy atom. The number of morpholine rings is 1. The zero-order valence-corrected chi connectivity index (χ0v) is 10.7. The van der Waals surface area contributed by atoms with E-state index in [2.05, 4.69) is 27.0 Å². The summed E-state index contributed by atoms with van der Waals surface area (Å²) in [5, 5.41) is 3.38. The fraction of sp³-hybridized carbons (Fsp3) is 0.643. The average Bonchev–Trinajstić information content (AvgIpc) is 2.89. The first kappa shape index (κ1) is 11.9. The third kappa shape index (κ3) is 2.65. The normalized spacial score (nSPS) is 28.4. The van der Waals surface area contributed by atoms with Gasteiger partial charge in [-0.1, -0.05) is 12.2 Å². The highest BCUT2D eigenvalue weighted by molar-refractivity contribution is 5.05. The highest BCUT2D eigenvalue weighted by Gasteiger charge is 2.21. The van der Waals surface area contributed by atoms with E-state index in [-0.39, 0.29) is 6.10 Å². The van der Waals surface area contributed by atoms with Crippen molar-refractivity contribution in [3.63, 3.8) is 0 Å². The zero-order valence-electron chi connectivity index (χ0n) is 10.7. The molecule has 1 aromatic heterocycles. The summed E-state index contributed by atoms with van der Waals surface area (Å²) in [5.41, 5.74) is 1.22. The molecule has 2 unspecified atom stereocenters. The number of nitrogens with one attached hydrogen (secondary N) is 1.